The monoisotopic (exact) mass is 570 g/mol. The first kappa shape index (κ1) is 28.4. The van der Waals surface area contributed by atoms with Gasteiger partial charge in [0.15, 0.2) is 0 Å². The van der Waals surface area contributed by atoms with Crippen LogP contribution in [0.5, 0.6) is 0 Å². The molecule has 0 atom stereocenters. The van der Waals surface area contributed by atoms with Crippen LogP contribution < -0.4 is 14.7 Å². The van der Waals surface area contributed by atoms with Crippen LogP contribution in [-0.2, 0) is 28.9 Å². The number of ether oxygens (including phenoxy) is 1. The minimum absolute atomic E-state index is 0.0212. The maximum Gasteiger partial charge on any atom is 0.307 e. The second kappa shape index (κ2) is 11.5. The van der Waals surface area contributed by atoms with Gasteiger partial charge in [-0.15, -0.1) is 0 Å². The SMILES string of the molecule is Cc1nc(C)c(-c2ccc3c(c2)CCN(c2cc(N4CCOCC4)ncn2)C3)c(N2CCC(C)(C)CC2)c1CC(=O)O. The summed E-state index contributed by atoms with van der Waals surface area (Å²) in [6.45, 7) is 15.3. The van der Waals surface area contributed by atoms with Crippen molar-refractivity contribution in [2.24, 2.45) is 5.41 Å². The van der Waals surface area contributed by atoms with Gasteiger partial charge in [0.1, 0.15) is 18.0 Å². The number of carboxylic acids is 1. The van der Waals surface area contributed by atoms with Crippen molar-refractivity contribution in [3.05, 3.63) is 58.7 Å². The van der Waals surface area contributed by atoms with E-state index in [1.54, 1.807) is 6.33 Å². The lowest BCUT2D eigenvalue weighted by atomic mass is 9.82. The van der Waals surface area contributed by atoms with Gasteiger partial charge in [0.2, 0.25) is 0 Å². The number of rotatable bonds is 6. The minimum Gasteiger partial charge on any atom is -0.481 e. The van der Waals surface area contributed by atoms with Crippen LogP contribution >= 0.6 is 0 Å². The summed E-state index contributed by atoms with van der Waals surface area (Å²) in [4.78, 5) is 33.0. The van der Waals surface area contributed by atoms with Crippen molar-refractivity contribution in [3.8, 4) is 11.1 Å². The van der Waals surface area contributed by atoms with E-state index in [2.05, 4.69) is 69.7 Å². The topological polar surface area (TPSA) is 94.9 Å². The Labute approximate surface area is 248 Å². The Hall–Kier alpha value is -3.72. The molecule has 0 saturated carbocycles. The fraction of sp³-hybridized carbons (Fsp3) is 0.515. The number of aryl methyl sites for hydroxylation is 2. The van der Waals surface area contributed by atoms with Gasteiger partial charge in [-0.25, -0.2) is 9.97 Å². The van der Waals surface area contributed by atoms with Crippen LogP contribution in [0.15, 0.2) is 30.6 Å². The maximum atomic E-state index is 12.0. The summed E-state index contributed by atoms with van der Waals surface area (Å²) in [5.74, 6) is 1.09. The Morgan fingerprint density at radius 1 is 0.905 bits per heavy atom. The molecule has 0 unspecified atom stereocenters. The highest BCUT2D eigenvalue weighted by Crippen LogP contribution is 2.42. The van der Waals surface area contributed by atoms with E-state index in [0.717, 1.165) is 117 Å². The molecule has 0 radical (unpaired) electrons. The fourth-order valence-corrected chi connectivity index (χ4v) is 6.64. The van der Waals surface area contributed by atoms with Crippen molar-refractivity contribution in [2.75, 3.05) is 60.6 Å². The first-order valence-electron chi connectivity index (χ1n) is 15.2. The molecule has 6 rings (SSSR count). The van der Waals surface area contributed by atoms with E-state index >= 15 is 0 Å². The summed E-state index contributed by atoms with van der Waals surface area (Å²) in [6, 6.07) is 8.85. The molecule has 2 fully saturated rings. The van der Waals surface area contributed by atoms with Crippen LogP contribution in [-0.4, -0.2) is 72.0 Å². The number of aliphatic carboxylic acids is 1. The van der Waals surface area contributed by atoms with Crippen LogP contribution in [0.25, 0.3) is 11.1 Å². The zero-order chi connectivity index (χ0) is 29.4. The van der Waals surface area contributed by atoms with Crippen molar-refractivity contribution in [3.63, 3.8) is 0 Å². The molecule has 0 spiro atoms. The lowest BCUT2D eigenvalue weighted by molar-refractivity contribution is -0.136. The van der Waals surface area contributed by atoms with Gasteiger partial charge in [-0.1, -0.05) is 32.0 Å². The summed E-state index contributed by atoms with van der Waals surface area (Å²) in [7, 11) is 0. The van der Waals surface area contributed by atoms with Gasteiger partial charge in [0.25, 0.3) is 0 Å². The maximum absolute atomic E-state index is 12.0. The first-order chi connectivity index (χ1) is 20.2. The summed E-state index contributed by atoms with van der Waals surface area (Å²) in [6.07, 6.45) is 4.72. The summed E-state index contributed by atoms with van der Waals surface area (Å²) >= 11 is 0. The number of hydrogen-bond acceptors (Lipinski definition) is 8. The van der Waals surface area contributed by atoms with Crippen molar-refractivity contribution >= 4 is 23.3 Å². The van der Waals surface area contributed by atoms with Gasteiger partial charge in [-0.05, 0) is 55.2 Å². The summed E-state index contributed by atoms with van der Waals surface area (Å²) in [5.41, 5.74) is 8.79. The number of hydrogen-bond donors (Lipinski definition) is 1. The molecule has 0 bridgehead atoms. The second-order valence-corrected chi connectivity index (χ2v) is 12.7. The molecule has 1 N–H and O–H groups in total. The highest BCUT2D eigenvalue weighted by molar-refractivity contribution is 5.86. The van der Waals surface area contributed by atoms with E-state index in [4.69, 9.17) is 9.72 Å². The molecule has 2 aromatic heterocycles. The van der Waals surface area contributed by atoms with Gasteiger partial charge in [-0.3, -0.25) is 9.78 Å². The number of nitrogens with zero attached hydrogens (tertiary/aromatic N) is 6. The zero-order valence-electron chi connectivity index (χ0n) is 25.3. The third-order valence-corrected chi connectivity index (χ3v) is 9.22. The van der Waals surface area contributed by atoms with Crippen LogP contribution in [0.1, 0.15) is 54.8 Å². The molecule has 5 heterocycles. The molecule has 222 valence electrons. The molecule has 0 amide bonds. The van der Waals surface area contributed by atoms with Gasteiger partial charge in [0.05, 0.1) is 25.3 Å². The number of carboxylic acid groups (broad SMARTS) is 1. The molecule has 9 nitrogen and oxygen atoms in total. The van der Waals surface area contributed by atoms with Crippen LogP contribution in [0.4, 0.5) is 17.3 Å². The first-order valence-corrected chi connectivity index (χ1v) is 15.2. The van der Waals surface area contributed by atoms with Crippen LogP contribution in [0.3, 0.4) is 0 Å². The second-order valence-electron chi connectivity index (χ2n) is 12.7. The number of carbonyl (C=O) groups is 1. The predicted octanol–water partition coefficient (Wildman–Crippen LogP) is 4.81. The Bertz CT molecular complexity index is 1470. The number of anilines is 3. The zero-order valence-corrected chi connectivity index (χ0v) is 25.3. The minimum atomic E-state index is -0.819. The van der Waals surface area contributed by atoms with Crippen LogP contribution in [0.2, 0.25) is 0 Å². The molecule has 0 aliphatic carbocycles. The Kier molecular flexibility index (Phi) is 7.79. The van der Waals surface area contributed by atoms with E-state index in [1.807, 2.05) is 6.92 Å². The van der Waals surface area contributed by atoms with Gasteiger partial charge in [-0.2, -0.15) is 0 Å². The molecule has 9 heteroatoms. The van der Waals surface area contributed by atoms with Gasteiger partial charge >= 0.3 is 5.97 Å². The predicted molar refractivity (Wildman–Crippen MR) is 166 cm³/mol. The molecular weight excluding hydrogens is 528 g/mol. The van der Waals surface area contributed by atoms with Gasteiger partial charge in [0, 0.05) is 67.8 Å². The third kappa shape index (κ3) is 5.79. The number of pyridine rings is 1. The number of benzene rings is 1. The molecular formula is C33H42N6O3. The highest BCUT2D eigenvalue weighted by atomic mass is 16.5. The highest BCUT2D eigenvalue weighted by Gasteiger charge is 2.31. The quantitative estimate of drug-likeness (QED) is 0.448. The number of aromatic nitrogens is 3. The molecule has 3 aliphatic rings. The average Bonchev–Trinajstić information content (AvgIpc) is 2.98. The summed E-state index contributed by atoms with van der Waals surface area (Å²) < 4.78 is 5.51. The van der Waals surface area contributed by atoms with E-state index in [9.17, 15) is 9.90 Å². The molecule has 3 aromatic rings. The Morgan fingerprint density at radius 2 is 1.62 bits per heavy atom. The van der Waals surface area contributed by atoms with E-state index in [1.165, 1.54) is 11.1 Å². The number of fused-ring (bicyclic) bond motifs is 1. The lowest BCUT2D eigenvalue weighted by Gasteiger charge is -2.40. The molecule has 1 aromatic carbocycles. The number of morpholine rings is 1. The van der Waals surface area contributed by atoms with Crippen molar-refractivity contribution in [1.29, 1.82) is 0 Å². The fourth-order valence-electron chi connectivity index (χ4n) is 6.64. The van der Waals surface area contributed by atoms with Crippen molar-refractivity contribution in [1.82, 2.24) is 15.0 Å². The Morgan fingerprint density at radius 3 is 2.33 bits per heavy atom. The van der Waals surface area contributed by atoms with Crippen LogP contribution in [0, 0.1) is 19.3 Å². The van der Waals surface area contributed by atoms with Crippen molar-refractivity contribution in [2.45, 2.75) is 59.9 Å². The number of piperidine rings is 1. The van der Waals surface area contributed by atoms with Crippen molar-refractivity contribution < 1.29 is 14.6 Å². The lowest BCUT2D eigenvalue weighted by Crippen LogP contribution is -2.38. The third-order valence-electron chi connectivity index (χ3n) is 9.22. The smallest absolute Gasteiger partial charge is 0.307 e. The molecule has 42 heavy (non-hydrogen) atoms. The average molecular weight is 571 g/mol. The Balaban J connectivity index is 1.32. The van der Waals surface area contributed by atoms with E-state index < -0.39 is 5.97 Å². The molecule has 2 saturated heterocycles. The van der Waals surface area contributed by atoms with Gasteiger partial charge < -0.3 is 24.5 Å². The standard InChI is InChI=1S/C33H42N6O3/c1-22-27(18-30(40)41)32(38-11-8-33(3,4)9-12-38)31(23(2)36-22)25-5-6-26-20-39(10-7-24(26)17-25)29-19-28(34-21-35-29)37-13-15-42-16-14-37/h5-6,17,19,21H,7-16,18,20H2,1-4H3,(H,40,41). The summed E-state index contributed by atoms with van der Waals surface area (Å²) in [5, 5.41) is 9.83. The van der Waals surface area contributed by atoms with E-state index in [-0.39, 0.29) is 6.42 Å². The molecule has 3 aliphatic heterocycles. The largest absolute Gasteiger partial charge is 0.481 e. The normalized spacial score (nSPS) is 18.6. The van der Waals surface area contributed by atoms with E-state index in [0.29, 0.717) is 5.41 Å².